The van der Waals surface area contributed by atoms with Crippen LogP contribution < -0.4 is 0 Å². The van der Waals surface area contributed by atoms with Crippen molar-refractivity contribution >= 4 is 49.3 Å². The fraction of sp³-hybridized carbons (Fsp3) is 0.188. The highest BCUT2D eigenvalue weighted by Gasteiger charge is 2.13. The molecule has 0 spiro atoms. The van der Waals surface area contributed by atoms with Gasteiger partial charge in [0.1, 0.15) is 16.9 Å². The van der Waals surface area contributed by atoms with Crippen LogP contribution in [-0.2, 0) is 38.5 Å². The second-order valence-corrected chi connectivity index (χ2v) is 15.1. The molecular weight excluding hydrogens is 661 g/mol. The summed E-state index contributed by atoms with van der Waals surface area (Å²) in [6.07, 6.45) is 18.7. The van der Waals surface area contributed by atoms with E-state index in [1.54, 1.807) is 0 Å². The lowest BCUT2D eigenvalue weighted by atomic mass is 9.96. The van der Waals surface area contributed by atoms with Crippen LogP contribution in [-0.4, -0.2) is 28.2 Å². The quantitative estimate of drug-likeness (QED) is 0.150. The Labute approximate surface area is 314 Å². The molecule has 4 aromatic carbocycles. The van der Waals surface area contributed by atoms with Crippen molar-refractivity contribution in [2.24, 2.45) is 0 Å². The summed E-state index contributed by atoms with van der Waals surface area (Å²) in [5.74, 6) is 0. The maximum atomic E-state index is 5.13. The summed E-state index contributed by atoms with van der Waals surface area (Å²) in [6, 6.07) is 33.0. The van der Waals surface area contributed by atoms with Crippen LogP contribution in [0, 0.1) is 20.8 Å². The van der Waals surface area contributed by atoms with Crippen molar-refractivity contribution in [2.45, 2.75) is 59.3 Å². The summed E-state index contributed by atoms with van der Waals surface area (Å²) in [4.78, 5) is 15.4. The van der Waals surface area contributed by atoms with Crippen LogP contribution in [0.1, 0.15) is 50.5 Å². The van der Waals surface area contributed by atoms with Crippen molar-refractivity contribution in [1.29, 1.82) is 0 Å². The number of rotatable bonds is 9. The lowest BCUT2D eigenvalue weighted by Crippen LogP contribution is -2.00. The molecule has 6 nitrogen and oxygen atoms in total. The Hall–Kier alpha value is -6.27. The monoisotopic (exact) mass is 702 g/mol. The van der Waals surface area contributed by atoms with Gasteiger partial charge in [-0.2, -0.15) is 0 Å². The van der Waals surface area contributed by atoms with E-state index >= 15 is 0 Å². The summed E-state index contributed by atoms with van der Waals surface area (Å²) < 4.78 is 6.61. The van der Waals surface area contributed by atoms with Gasteiger partial charge in [-0.25, -0.2) is 15.0 Å². The Balaban J connectivity index is 0.945. The fourth-order valence-electron chi connectivity index (χ4n) is 8.58. The highest BCUT2D eigenvalue weighted by Crippen LogP contribution is 2.27. The van der Waals surface area contributed by atoms with Gasteiger partial charge in [0.15, 0.2) is 0 Å². The molecule has 0 saturated heterocycles. The van der Waals surface area contributed by atoms with Crippen molar-refractivity contribution < 1.29 is 0 Å². The van der Waals surface area contributed by atoms with Crippen LogP contribution in [0.15, 0.2) is 128 Å². The van der Waals surface area contributed by atoms with E-state index in [0.717, 1.165) is 72.5 Å². The lowest BCUT2D eigenvalue weighted by Gasteiger charge is -2.10. The molecule has 0 amide bonds. The average molecular weight is 703 g/mol. The average Bonchev–Trinajstić information content (AvgIpc) is 3.93. The molecule has 6 aromatic heterocycles. The summed E-state index contributed by atoms with van der Waals surface area (Å²) in [5, 5.41) is 7.42. The zero-order valence-electron chi connectivity index (χ0n) is 31.1. The van der Waals surface area contributed by atoms with Gasteiger partial charge in [-0.3, -0.25) is 0 Å². The van der Waals surface area contributed by atoms with Gasteiger partial charge in [0.25, 0.3) is 0 Å². The van der Waals surface area contributed by atoms with E-state index in [0.29, 0.717) is 0 Å². The minimum Gasteiger partial charge on any atom is -0.306 e. The number of imidazole rings is 3. The van der Waals surface area contributed by atoms with Crippen LogP contribution in [0.2, 0.25) is 0 Å². The molecule has 0 unspecified atom stereocenters. The predicted molar refractivity (Wildman–Crippen MR) is 221 cm³/mol. The molecular formula is C48H42N6. The minimum absolute atomic E-state index is 0.885. The number of benzene rings is 4. The van der Waals surface area contributed by atoms with Gasteiger partial charge in [-0.1, -0.05) is 91.0 Å². The first-order chi connectivity index (χ1) is 26.4. The predicted octanol–water partition coefficient (Wildman–Crippen LogP) is 10.4. The normalized spacial score (nSPS) is 12.1. The molecule has 0 N–H and O–H groups in total. The topological polar surface area (TPSA) is 51.9 Å². The number of aryl methyl sites for hydroxylation is 9. The summed E-state index contributed by atoms with van der Waals surface area (Å²) in [5.41, 5.74) is 14.3. The highest BCUT2D eigenvalue weighted by atomic mass is 15.0. The maximum absolute atomic E-state index is 5.13. The number of aromatic nitrogens is 6. The van der Waals surface area contributed by atoms with Gasteiger partial charge in [0, 0.05) is 53.3 Å². The molecule has 0 bridgehead atoms. The first-order valence-electron chi connectivity index (χ1n) is 19.1. The third kappa shape index (κ3) is 5.79. The Morgan fingerprint density at radius 2 is 0.630 bits per heavy atom. The summed E-state index contributed by atoms with van der Waals surface area (Å²) in [7, 11) is 0. The molecule has 0 radical (unpaired) electrons. The third-order valence-electron chi connectivity index (χ3n) is 11.2. The van der Waals surface area contributed by atoms with E-state index in [-0.39, 0.29) is 0 Å². The molecule has 54 heavy (non-hydrogen) atoms. The van der Waals surface area contributed by atoms with Crippen LogP contribution in [0.5, 0.6) is 0 Å². The molecule has 0 aliphatic rings. The molecule has 10 aromatic rings. The maximum Gasteiger partial charge on any atom is 0.144 e. The second-order valence-electron chi connectivity index (χ2n) is 15.1. The number of hydrogen-bond acceptors (Lipinski definition) is 3. The van der Waals surface area contributed by atoms with Crippen molar-refractivity contribution in [3.05, 3.63) is 179 Å². The van der Waals surface area contributed by atoms with Crippen molar-refractivity contribution in [3.63, 3.8) is 0 Å². The Kier molecular flexibility index (Phi) is 7.79. The number of pyridine rings is 3. The molecule has 264 valence electrons. The highest BCUT2D eigenvalue weighted by molar-refractivity contribution is 5.97. The first kappa shape index (κ1) is 32.4. The number of fused-ring (bicyclic) bond motifs is 9. The van der Waals surface area contributed by atoms with Crippen LogP contribution in [0.3, 0.4) is 0 Å². The van der Waals surface area contributed by atoms with E-state index in [2.05, 4.69) is 162 Å². The minimum atomic E-state index is 0.885. The van der Waals surface area contributed by atoms with E-state index in [9.17, 15) is 0 Å². The van der Waals surface area contributed by atoms with E-state index in [1.165, 1.54) is 65.7 Å². The molecule has 0 saturated carbocycles. The van der Waals surface area contributed by atoms with Crippen molar-refractivity contribution in [3.8, 4) is 0 Å². The number of hydrogen-bond donors (Lipinski definition) is 0. The Bertz CT molecular complexity index is 2710. The fourth-order valence-corrected chi connectivity index (χ4v) is 8.58. The van der Waals surface area contributed by atoms with Crippen molar-refractivity contribution in [2.75, 3.05) is 0 Å². The third-order valence-corrected chi connectivity index (χ3v) is 11.2. The molecule has 0 atom stereocenters. The van der Waals surface area contributed by atoms with Gasteiger partial charge in [-0.05, 0) is 109 Å². The van der Waals surface area contributed by atoms with E-state index in [1.807, 2.05) is 0 Å². The van der Waals surface area contributed by atoms with Crippen LogP contribution in [0.25, 0.3) is 49.3 Å². The van der Waals surface area contributed by atoms with Gasteiger partial charge < -0.3 is 13.2 Å². The largest absolute Gasteiger partial charge is 0.306 e. The molecule has 10 rings (SSSR count). The molecule has 0 aliphatic heterocycles. The number of nitrogens with zero attached hydrogens (tertiary/aromatic N) is 6. The summed E-state index contributed by atoms with van der Waals surface area (Å²) >= 11 is 0. The van der Waals surface area contributed by atoms with E-state index in [4.69, 9.17) is 15.0 Å². The van der Waals surface area contributed by atoms with Gasteiger partial charge in [0.2, 0.25) is 0 Å². The first-order valence-corrected chi connectivity index (χ1v) is 19.1. The lowest BCUT2D eigenvalue weighted by molar-refractivity contribution is 0.879. The second kappa shape index (κ2) is 13.0. The molecule has 0 aliphatic carbocycles. The Morgan fingerprint density at radius 1 is 0.352 bits per heavy atom. The van der Waals surface area contributed by atoms with Gasteiger partial charge >= 0.3 is 0 Å². The molecule has 6 heteroatoms. The van der Waals surface area contributed by atoms with Crippen LogP contribution >= 0.6 is 0 Å². The van der Waals surface area contributed by atoms with Gasteiger partial charge in [-0.15, -0.1) is 0 Å². The van der Waals surface area contributed by atoms with Crippen molar-refractivity contribution in [1.82, 2.24) is 28.2 Å². The SMILES string of the molecule is Cc1cn2cc(CCc3cc(CCc4cn5cc(C)c6ccccc6c5n4)cc(CCc4cn5cc(C)c6ccccc6c5n4)c3)nc2c2ccccc12. The standard InChI is InChI=1S/C48H42N6/c1-31-25-52-28-37(49-46(52)43-13-7-4-10-40(31)43)19-16-34-22-35(17-20-38-29-53-26-32(2)41-11-5-8-14-44(41)47(53)50-38)24-36(23-34)18-21-39-30-54-27-33(3)42-12-6-9-15-45(42)48(54)51-39/h4-15,22-30H,16-21H2,1-3H3. The van der Waals surface area contributed by atoms with E-state index < -0.39 is 0 Å². The molecule has 0 fully saturated rings. The van der Waals surface area contributed by atoms with Gasteiger partial charge in [0.05, 0.1) is 17.1 Å². The zero-order valence-corrected chi connectivity index (χ0v) is 31.1. The summed E-state index contributed by atoms with van der Waals surface area (Å²) in [6.45, 7) is 6.54. The van der Waals surface area contributed by atoms with Crippen LogP contribution in [0.4, 0.5) is 0 Å². The Morgan fingerprint density at radius 3 is 0.926 bits per heavy atom. The smallest absolute Gasteiger partial charge is 0.144 e. The molecule has 6 heterocycles. The zero-order chi connectivity index (χ0) is 36.3.